The van der Waals surface area contributed by atoms with Gasteiger partial charge in [0.25, 0.3) is 0 Å². The molecule has 1 unspecified atom stereocenters. The molecule has 0 saturated heterocycles. The zero-order valence-electron chi connectivity index (χ0n) is 11.6. The minimum Gasteiger partial charge on any atom is -0.504 e. The smallest absolute Gasteiger partial charge is 0.194 e. The van der Waals surface area contributed by atoms with Crippen molar-refractivity contribution in [2.24, 2.45) is 0 Å². The summed E-state index contributed by atoms with van der Waals surface area (Å²) in [5, 5.41) is 9.62. The van der Waals surface area contributed by atoms with Crippen molar-refractivity contribution in [3.8, 4) is 11.5 Å². The van der Waals surface area contributed by atoms with E-state index in [0.29, 0.717) is 6.07 Å². The fourth-order valence-electron chi connectivity index (χ4n) is 1.77. The van der Waals surface area contributed by atoms with Crippen LogP contribution in [0.4, 0.5) is 18.9 Å². The second-order valence-corrected chi connectivity index (χ2v) is 5.55. The zero-order chi connectivity index (χ0) is 16.4. The predicted octanol–water partition coefficient (Wildman–Crippen LogP) is 3.26. The Morgan fingerprint density at radius 3 is 2.45 bits per heavy atom. The topological polar surface area (TPSA) is 58.6 Å². The Morgan fingerprint density at radius 1 is 1.18 bits per heavy atom. The van der Waals surface area contributed by atoms with Gasteiger partial charge in [0.2, 0.25) is 0 Å². The predicted molar refractivity (Wildman–Crippen MR) is 75.7 cm³/mol. The van der Waals surface area contributed by atoms with Crippen molar-refractivity contribution in [1.29, 1.82) is 0 Å². The first-order valence-corrected chi connectivity index (χ1v) is 7.19. The summed E-state index contributed by atoms with van der Waals surface area (Å²) in [7, 11) is -0.671. The van der Waals surface area contributed by atoms with E-state index in [1.165, 1.54) is 32.2 Å². The standard InChI is InChI=1S/C14H12F3NO3S/c1-7-12(6-9(15)14(17)13(7)16)22(20)18-8-3-4-11(21-2)10(19)5-8/h3-6,18-19H,1-2H3. The molecule has 118 valence electrons. The lowest BCUT2D eigenvalue weighted by Crippen LogP contribution is -2.09. The third-order valence-corrected chi connectivity index (χ3v) is 4.19. The first-order chi connectivity index (χ1) is 10.3. The van der Waals surface area contributed by atoms with E-state index >= 15 is 0 Å². The Morgan fingerprint density at radius 2 is 1.86 bits per heavy atom. The average Bonchev–Trinajstić information content (AvgIpc) is 2.49. The third kappa shape index (κ3) is 3.01. The van der Waals surface area contributed by atoms with E-state index in [9.17, 15) is 22.5 Å². The van der Waals surface area contributed by atoms with Gasteiger partial charge < -0.3 is 14.6 Å². The van der Waals surface area contributed by atoms with Crippen LogP contribution in [0.2, 0.25) is 0 Å². The number of aromatic hydroxyl groups is 1. The van der Waals surface area contributed by atoms with Gasteiger partial charge in [-0.25, -0.2) is 17.4 Å². The Hall–Kier alpha value is -2.22. The summed E-state index contributed by atoms with van der Waals surface area (Å²) in [6.45, 7) is 1.19. The summed E-state index contributed by atoms with van der Waals surface area (Å²) in [4.78, 5) is -0.230. The molecule has 0 spiro atoms. The number of methoxy groups -OCH3 is 1. The minimum absolute atomic E-state index is 0.197. The highest BCUT2D eigenvalue weighted by atomic mass is 32.2. The Balaban J connectivity index is 2.32. The molecule has 0 radical (unpaired) electrons. The summed E-state index contributed by atoms with van der Waals surface area (Å²) < 4.78 is 59.3. The molecule has 0 aliphatic carbocycles. The molecular formula is C14H12F3NO3S. The third-order valence-electron chi connectivity index (χ3n) is 2.95. The number of halogens is 3. The van der Waals surface area contributed by atoms with Gasteiger partial charge >= 0.3 is 0 Å². The highest BCUT2D eigenvalue weighted by Gasteiger charge is 2.19. The van der Waals surface area contributed by atoms with Crippen molar-refractivity contribution < 1.29 is 27.2 Å². The lowest BCUT2D eigenvalue weighted by atomic mass is 10.2. The van der Waals surface area contributed by atoms with Gasteiger partial charge in [-0.1, -0.05) is 0 Å². The largest absolute Gasteiger partial charge is 0.504 e. The maximum absolute atomic E-state index is 13.5. The van der Waals surface area contributed by atoms with E-state index in [2.05, 4.69) is 4.72 Å². The van der Waals surface area contributed by atoms with Gasteiger partial charge in [-0.15, -0.1) is 0 Å². The molecule has 0 saturated carbocycles. The van der Waals surface area contributed by atoms with Crippen LogP contribution in [0, 0.1) is 24.4 Å². The molecule has 2 N–H and O–H groups in total. The van der Waals surface area contributed by atoms with Crippen molar-refractivity contribution in [2.45, 2.75) is 11.8 Å². The Bertz CT molecular complexity index is 753. The van der Waals surface area contributed by atoms with Gasteiger partial charge in [-0.05, 0) is 25.1 Å². The quantitative estimate of drug-likeness (QED) is 0.846. The number of ether oxygens (including phenoxy) is 1. The van der Waals surface area contributed by atoms with Crippen molar-refractivity contribution >= 4 is 16.7 Å². The van der Waals surface area contributed by atoms with Crippen LogP contribution in [0.1, 0.15) is 5.56 Å². The second-order valence-electron chi connectivity index (χ2n) is 4.37. The molecule has 4 nitrogen and oxygen atoms in total. The molecule has 2 aromatic rings. The highest BCUT2D eigenvalue weighted by molar-refractivity contribution is 7.86. The monoisotopic (exact) mass is 331 g/mol. The molecule has 8 heteroatoms. The molecule has 2 aromatic carbocycles. The fourth-order valence-corrected chi connectivity index (χ4v) is 2.80. The van der Waals surface area contributed by atoms with Crippen LogP contribution in [-0.4, -0.2) is 16.4 Å². The van der Waals surface area contributed by atoms with Crippen LogP contribution < -0.4 is 9.46 Å². The fraction of sp³-hybridized carbons (Fsp3) is 0.143. The molecule has 0 heterocycles. The highest BCUT2D eigenvalue weighted by Crippen LogP contribution is 2.30. The second kappa shape index (κ2) is 6.27. The summed E-state index contributed by atoms with van der Waals surface area (Å²) >= 11 is 0. The van der Waals surface area contributed by atoms with E-state index < -0.39 is 28.4 Å². The van der Waals surface area contributed by atoms with Crippen LogP contribution in [-0.2, 0) is 11.0 Å². The maximum Gasteiger partial charge on any atom is 0.194 e. The molecule has 0 bridgehead atoms. The van der Waals surface area contributed by atoms with Gasteiger partial charge in [0.05, 0.1) is 17.7 Å². The first-order valence-electron chi connectivity index (χ1n) is 6.04. The zero-order valence-corrected chi connectivity index (χ0v) is 12.4. The van der Waals surface area contributed by atoms with E-state index in [1.807, 2.05) is 0 Å². The van der Waals surface area contributed by atoms with E-state index in [1.54, 1.807) is 0 Å². The number of anilines is 1. The van der Waals surface area contributed by atoms with Crippen LogP contribution in [0.15, 0.2) is 29.2 Å². The Labute approximate surface area is 127 Å². The molecule has 0 fully saturated rings. The van der Waals surface area contributed by atoms with E-state index in [0.717, 1.165) is 0 Å². The van der Waals surface area contributed by atoms with Crippen LogP contribution in [0.3, 0.4) is 0 Å². The van der Waals surface area contributed by atoms with Gasteiger partial charge in [0.1, 0.15) is 0 Å². The molecule has 0 aliphatic rings. The Kier molecular flexibility index (Phi) is 4.60. The summed E-state index contributed by atoms with van der Waals surface area (Å²) in [5.41, 5.74) is -0.0244. The minimum atomic E-state index is -2.04. The summed E-state index contributed by atoms with van der Waals surface area (Å²) in [5.74, 6) is -4.40. The van der Waals surface area contributed by atoms with Crippen LogP contribution in [0.25, 0.3) is 0 Å². The number of hydrogen-bond donors (Lipinski definition) is 2. The van der Waals surface area contributed by atoms with Crippen LogP contribution in [0.5, 0.6) is 11.5 Å². The molecular weight excluding hydrogens is 319 g/mol. The maximum atomic E-state index is 13.5. The molecule has 0 aromatic heterocycles. The van der Waals surface area contributed by atoms with Gasteiger partial charge in [0, 0.05) is 11.6 Å². The number of rotatable bonds is 4. The lowest BCUT2D eigenvalue weighted by Gasteiger charge is -2.11. The van der Waals surface area contributed by atoms with Crippen molar-refractivity contribution in [3.63, 3.8) is 0 Å². The first kappa shape index (κ1) is 16.2. The van der Waals surface area contributed by atoms with Gasteiger partial charge in [-0.2, -0.15) is 0 Å². The van der Waals surface area contributed by atoms with Gasteiger partial charge in [-0.3, -0.25) is 0 Å². The molecule has 2 rings (SSSR count). The number of phenolic OH excluding ortho intramolecular Hbond substituents is 1. The summed E-state index contributed by atoms with van der Waals surface area (Å²) in [6, 6.07) is 4.79. The molecule has 0 amide bonds. The number of nitrogens with one attached hydrogen (secondary N) is 1. The molecule has 22 heavy (non-hydrogen) atoms. The number of phenols is 1. The summed E-state index contributed by atoms with van der Waals surface area (Å²) in [6.07, 6.45) is 0. The van der Waals surface area contributed by atoms with Crippen molar-refractivity contribution in [2.75, 3.05) is 11.8 Å². The van der Waals surface area contributed by atoms with E-state index in [-0.39, 0.29) is 27.6 Å². The van der Waals surface area contributed by atoms with Crippen molar-refractivity contribution in [3.05, 3.63) is 47.3 Å². The normalized spacial score (nSPS) is 12.0. The average molecular weight is 331 g/mol. The molecule has 0 aliphatic heterocycles. The van der Waals surface area contributed by atoms with Crippen molar-refractivity contribution in [1.82, 2.24) is 0 Å². The van der Waals surface area contributed by atoms with E-state index in [4.69, 9.17) is 4.74 Å². The molecule has 1 atom stereocenters. The van der Waals surface area contributed by atoms with Crippen LogP contribution >= 0.6 is 0 Å². The number of benzene rings is 2. The SMILES string of the molecule is COc1ccc(NS(=O)c2cc(F)c(F)c(F)c2C)cc1O. The number of hydrogen-bond acceptors (Lipinski definition) is 3. The lowest BCUT2D eigenvalue weighted by molar-refractivity contribution is 0.373. The van der Waals surface area contributed by atoms with Gasteiger partial charge in [0.15, 0.2) is 39.9 Å².